The van der Waals surface area contributed by atoms with Crippen LogP contribution in [-0.4, -0.2) is 8.07 Å². The highest BCUT2D eigenvalue weighted by atomic mass is 28.3. The molecule has 334 valence electrons. The molecule has 12 aromatic rings. The fourth-order valence-corrected chi connectivity index (χ4v) is 16.4. The third kappa shape index (κ3) is 7.26. The summed E-state index contributed by atoms with van der Waals surface area (Å²) in [5, 5.41) is 10.5. The SMILES string of the molecule is c1ccc(N2c3ccccc3[Si](c3ccccc3)(c3ccccc3)c3ccc(-c4ccc(N(c5ccc(-c6cccc7ccccc67)cc5)c5ccc(-c6cccc7ccccc67)cc5)cc4)cc32)cc1. The first-order chi connectivity index (χ1) is 35.2. The van der Waals surface area contributed by atoms with Crippen LogP contribution in [0.4, 0.5) is 34.1 Å². The first-order valence-corrected chi connectivity index (χ1v) is 26.5. The van der Waals surface area contributed by atoms with Crippen LogP contribution < -0.4 is 30.5 Å². The van der Waals surface area contributed by atoms with Crippen LogP contribution >= 0.6 is 0 Å². The fraction of sp³-hybridized carbons (Fsp3) is 0. The van der Waals surface area contributed by atoms with E-state index in [9.17, 15) is 0 Å². The Labute approximate surface area is 416 Å². The Morgan fingerprint density at radius 2 is 0.690 bits per heavy atom. The summed E-state index contributed by atoms with van der Waals surface area (Å²) in [5.41, 5.74) is 14.0. The van der Waals surface area contributed by atoms with Gasteiger partial charge in [0.25, 0.3) is 0 Å². The van der Waals surface area contributed by atoms with Gasteiger partial charge in [-0.05, 0) is 136 Å². The smallest absolute Gasteiger partial charge is 0.184 e. The number of para-hydroxylation sites is 2. The molecule has 1 aliphatic rings. The quantitative estimate of drug-likeness (QED) is 0.133. The number of hydrogen-bond donors (Lipinski definition) is 0. The molecule has 0 fully saturated rings. The first kappa shape index (κ1) is 42.1. The lowest BCUT2D eigenvalue weighted by atomic mass is 9.97. The maximum absolute atomic E-state index is 2.80. The summed E-state index contributed by atoms with van der Waals surface area (Å²) in [6.45, 7) is 0. The molecule has 0 aromatic heterocycles. The minimum atomic E-state index is -2.80. The van der Waals surface area contributed by atoms with E-state index in [2.05, 4.69) is 301 Å². The lowest BCUT2D eigenvalue weighted by Crippen LogP contribution is -2.77. The van der Waals surface area contributed by atoms with Gasteiger partial charge in [-0.15, -0.1) is 0 Å². The number of nitrogens with zero attached hydrogens (tertiary/aromatic N) is 2. The van der Waals surface area contributed by atoms with Gasteiger partial charge < -0.3 is 9.80 Å². The average molecular weight is 921 g/mol. The zero-order valence-electron chi connectivity index (χ0n) is 39.1. The normalized spacial score (nSPS) is 12.6. The molecule has 0 aliphatic carbocycles. The van der Waals surface area contributed by atoms with Crippen molar-refractivity contribution in [2.75, 3.05) is 9.80 Å². The topological polar surface area (TPSA) is 6.48 Å². The molecule has 0 N–H and O–H groups in total. The van der Waals surface area contributed by atoms with Crippen molar-refractivity contribution in [2.45, 2.75) is 0 Å². The van der Waals surface area contributed by atoms with Crippen molar-refractivity contribution >= 4 is 84.5 Å². The highest BCUT2D eigenvalue weighted by Gasteiger charge is 2.48. The number of hydrogen-bond acceptors (Lipinski definition) is 2. The summed E-state index contributed by atoms with van der Waals surface area (Å²) in [7, 11) is -2.80. The Kier molecular flexibility index (Phi) is 10.6. The van der Waals surface area contributed by atoms with Crippen LogP contribution in [0.5, 0.6) is 0 Å². The van der Waals surface area contributed by atoms with Crippen LogP contribution in [0.15, 0.2) is 291 Å². The third-order valence-electron chi connectivity index (χ3n) is 14.5. The highest BCUT2D eigenvalue weighted by molar-refractivity contribution is 7.21. The summed E-state index contributed by atoms with van der Waals surface area (Å²) in [5.74, 6) is 0. The molecule has 0 saturated carbocycles. The van der Waals surface area contributed by atoms with E-state index in [0.29, 0.717) is 0 Å². The largest absolute Gasteiger partial charge is 0.311 e. The van der Waals surface area contributed by atoms with E-state index in [1.54, 1.807) is 0 Å². The second-order valence-corrected chi connectivity index (χ2v) is 22.2. The number of rotatable bonds is 9. The molecular weight excluding hydrogens is 873 g/mol. The summed E-state index contributed by atoms with van der Waals surface area (Å²) in [6, 6.07) is 107. The zero-order valence-corrected chi connectivity index (χ0v) is 40.1. The van der Waals surface area contributed by atoms with E-state index in [1.807, 2.05) is 0 Å². The van der Waals surface area contributed by atoms with Crippen molar-refractivity contribution < 1.29 is 0 Å². The van der Waals surface area contributed by atoms with Crippen molar-refractivity contribution in [3.63, 3.8) is 0 Å². The predicted molar refractivity (Wildman–Crippen MR) is 304 cm³/mol. The van der Waals surface area contributed by atoms with Gasteiger partial charge in [-0.25, -0.2) is 0 Å². The lowest BCUT2D eigenvalue weighted by molar-refractivity contribution is 1.28. The van der Waals surface area contributed by atoms with E-state index in [1.165, 1.54) is 81.5 Å². The molecule has 0 spiro atoms. The third-order valence-corrected chi connectivity index (χ3v) is 19.4. The van der Waals surface area contributed by atoms with Crippen molar-refractivity contribution in [3.05, 3.63) is 291 Å². The van der Waals surface area contributed by atoms with E-state index in [0.717, 1.165) is 28.3 Å². The van der Waals surface area contributed by atoms with Gasteiger partial charge in [0.1, 0.15) is 0 Å². The number of benzene rings is 12. The van der Waals surface area contributed by atoms with Crippen LogP contribution in [0.1, 0.15) is 0 Å². The van der Waals surface area contributed by atoms with E-state index in [4.69, 9.17) is 0 Å². The molecule has 71 heavy (non-hydrogen) atoms. The van der Waals surface area contributed by atoms with Gasteiger partial charge in [0.15, 0.2) is 8.07 Å². The summed E-state index contributed by atoms with van der Waals surface area (Å²) in [4.78, 5) is 4.87. The van der Waals surface area contributed by atoms with Gasteiger partial charge >= 0.3 is 0 Å². The van der Waals surface area contributed by atoms with Crippen molar-refractivity contribution in [2.24, 2.45) is 0 Å². The minimum Gasteiger partial charge on any atom is -0.311 e. The second-order valence-electron chi connectivity index (χ2n) is 18.4. The van der Waals surface area contributed by atoms with Crippen molar-refractivity contribution in [1.82, 2.24) is 0 Å². The second kappa shape index (κ2) is 17.8. The molecule has 2 nitrogen and oxygen atoms in total. The summed E-state index contributed by atoms with van der Waals surface area (Å²) in [6.07, 6.45) is 0. The number of anilines is 6. The molecule has 1 aliphatic heterocycles. The van der Waals surface area contributed by atoms with Gasteiger partial charge in [0.05, 0.1) is 0 Å². The van der Waals surface area contributed by atoms with E-state index in [-0.39, 0.29) is 0 Å². The maximum atomic E-state index is 2.49. The molecule has 12 aromatic carbocycles. The summed E-state index contributed by atoms with van der Waals surface area (Å²) < 4.78 is 0. The Balaban J connectivity index is 0.937. The highest BCUT2D eigenvalue weighted by Crippen LogP contribution is 2.42. The van der Waals surface area contributed by atoms with Crippen LogP contribution in [0.25, 0.3) is 54.9 Å². The van der Waals surface area contributed by atoms with Crippen LogP contribution in [0.2, 0.25) is 0 Å². The van der Waals surface area contributed by atoms with Crippen LogP contribution in [-0.2, 0) is 0 Å². The van der Waals surface area contributed by atoms with E-state index >= 15 is 0 Å². The molecule has 1 heterocycles. The van der Waals surface area contributed by atoms with Crippen molar-refractivity contribution in [1.29, 1.82) is 0 Å². The Bertz CT molecular complexity index is 3680. The van der Waals surface area contributed by atoms with Crippen LogP contribution in [0, 0.1) is 0 Å². The summed E-state index contributed by atoms with van der Waals surface area (Å²) >= 11 is 0. The first-order valence-electron chi connectivity index (χ1n) is 24.5. The average Bonchev–Trinajstić information content (AvgIpc) is 3.46. The molecular formula is C68H48N2Si. The molecule has 13 rings (SSSR count). The molecule has 0 unspecified atom stereocenters. The van der Waals surface area contributed by atoms with Gasteiger partial charge in [0, 0.05) is 34.1 Å². The molecule has 0 saturated heterocycles. The van der Waals surface area contributed by atoms with Gasteiger partial charge in [0.2, 0.25) is 0 Å². The zero-order chi connectivity index (χ0) is 47.1. The minimum absolute atomic E-state index is 1.09. The Morgan fingerprint density at radius 3 is 1.23 bits per heavy atom. The Hall–Kier alpha value is -9.02. The van der Waals surface area contributed by atoms with Gasteiger partial charge in [-0.3, -0.25) is 0 Å². The molecule has 3 heteroatoms. The monoisotopic (exact) mass is 920 g/mol. The Morgan fingerprint density at radius 1 is 0.282 bits per heavy atom. The molecule has 0 amide bonds. The van der Waals surface area contributed by atoms with Crippen LogP contribution in [0.3, 0.4) is 0 Å². The van der Waals surface area contributed by atoms with Gasteiger partial charge in [-0.1, -0.05) is 231 Å². The lowest BCUT2D eigenvalue weighted by Gasteiger charge is -2.45. The van der Waals surface area contributed by atoms with Gasteiger partial charge in [-0.2, -0.15) is 0 Å². The van der Waals surface area contributed by atoms with E-state index < -0.39 is 8.07 Å². The predicted octanol–water partition coefficient (Wildman–Crippen LogP) is 15.6. The number of fused-ring (bicyclic) bond motifs is 4. The molecule has 0 bridgehead atoms. The molecule has 0 radical (unpaired) electrons. The maximum Gasteiger partial charge on any atom is 0.184 e. The standard InChI is InChI=1S/C68H48N2Si/c1-4-22-55(23-5-1)70-65-32-14-15-33-67(65)71(59-24-6-2-7-25-59,60-26-8-3-9-27-60)68-47-40-54(48-66(68)70)49-34-41-56(42-35-49)69(57-43-36-52(37-44-57)63-30-16-20-50-18-10-12-28-61(50)63)58-45-38-53(39-46-58)64-31-17-21-51-19-11-13-29-62(51)64/h1-48H. The van der Waals surface area contributed by atoms with Crippen molar-refractivity contribution in [3.8, 4) is 33.4 Å². The fourth-order valence-electron chi connectivity index (χ4n) is 11.3. The molecule has 0 atom stereocenters.